The molecular weight excluding hydrogens is 362 g/mol. The number of halogens is 3. The highest BCUT2D eigenvalue weighted by Gasteiger charge is 2.10. The van der Waals surface area contributed by atoms with Crippen molar-refractivity contribution in [2.45, 2.75) is 6.61 Å². The number of rotatable bonds is 5. The molecule has 0 atom stereocenters. The van der Waals surface area contributed by atoms with E-state index in [4.69, 9.17) is 18.0 Å². The smallest absolute Gasteiger partial charge is 0.387 e. The van der Waals surface area contributed by atoms with E-state index in [1.165, 1.54) is 12.1 Å². The third kappa shape index (κ3) is 4.12. The van der Waals surface area contributed by atoms with Crippen LogP contribution in [0.5, 0.6) is 5.75 Å². The maximum absolute atomic E-state index is 12.1. The topological polar surface area (TPSA) is 47.3 Å². The van der Waals surface area contributed by atoms with Gasteiger partial charge in [0.2, 0.25) is 0 Å². The second-order valence-corrected chi connectivity index (χ2v) is 5.35. The number of hydrogen-bond acceptors (Lipinski definition) is 3. The summed E-state index contributed by atoms with van der Waals surface area (Å²) in [5.74, 6) is 0.0966. The molecule has 0 aliphatic heterocycles. The van der Waals surface area contributed by atoms with Crippen molar-refractivity contribution >= 4 is 44.5 Å². The van der Waals surface area contributed by atoms with Gasteiger partial charge in [0.05, 0.1) is 0 Å². The Labute approximate surface area is 134 Å². The van der Waals surface area contributed by atoms with E-state index in [0.717, 1.165) is 10.2 Å². The molecule has 0 saturated heterocycles. The fourth-order valence-corrected chi connectivity index (χ4v) is 2.68. The Morgan fingerprint density at radius 3 is 2.43 bits per heavy atom. The van der Waals surface area contributed by atoms with E-state index in [-0.39, 0.29) is 10.7 Å². The van der Waals surface area contributed by atoms with Gasteiger partial charge in [0.1, 0.15) is 10.7 Å². The fraction of sp³-hybridized carbons (Fsp3) is 0.0714. The van der Waals surface area contributed by atoms with E-state index in [9.17, 15) is 8.78 Å². The third-order valence-electron chi connectivity index (χ3n) is 2.62. The molecule has 0 bridgehead atoms. The fourth-order valence-electron chi connectivity index (χ4n) is 1.75. The van der Waals surface area contributed by atoms with Gasteiger partial charge in [-0.2, -0.15) is 8.78 Å². The molecule has 0 aromatic heterocycles. The average Bonchev–Trinajstić information content (AvgIpc) is 2.40. The van der Waals surface area contributed by atoms with Crippen LogP contribution in [0.4, 0.5) is 20.2 Å². The van der Waals surface area contributed by atoms with Crippen LogP contribution in [0.25, 0.3) is 0 Å². The molecule has 0 radical (unpaired) electrons. The first kappa shape index (κ1) is 15.7. The van der Waals surface area contributed by atoms with Gasteiger partial charge in [-0.25, -0.2) is 0 Å². The monoisotopic (exact) mass is 372 g/mol. The second kappa shape index (κ2) is 6.82. The summed E-state index contributed by atoms with van der Waals surface area (Å²) in [6.07, 6.45) is 0. The number of thiocarbonyl (C=S) groups is 1. The summed E-state index contributed by atoms with van der Waals surface area (Å²) in [7, 11) is 0. The van der Waals surface area contributed by atoms with Crippen LogP contribution >= 0.6 is 28.1 Å². The zero-order valence-electron chi connectivity index (χ0n) is 10.6. The summed E-state index contributed by atoms with van der Waals surface area (Å²) in [4.78, 5) is 0.252. The third-order valence-corrected chi connectivity index (χ3v) is 3.48. The minimum Gasteiger partial charge on any atom is -0.435 e. The van der Waals surface area contributed by atoms with E-state index >= 15 is 0 Å². The molecule has 2 aromatic carbocycles. The van der Waals surface area contributed by atoms with E-state index in [0.29, 0.717) is 11.3 Å². The molecule has 0 aliphatic carbocycles. The van der Waals surface area contributed by atoms with E-state index in [1.54, 1.807) is 12.1 Å². The molecule has 2 aromatic rings. The van der Waals surface area contributed by atoms with Crippen LogP contribution in [0.3, 0.4) is 0 Å². The van der Waals surface area contributed by atoms with Crippen molar-refractivity contribution in [2.24, 2.45) is 5.73 Å². The van der Waals surface area contributed by atoms with Gasteiger partial charge in [-0.1, -0.05) is 18.3 Å². The molecule has 0 spiro atoms. The van der Waals surface area contributed by atoms with Crippen LogP contribution in [-0.2, 0) is 0 Å². The lowest BCUT2D eigenvalue weighted by Crippen LogP contribution is -2.12. The number of ether oxygens (including phenoxy) is 1. The number of nitrogens with one attached hydrogen (secondary N) is 1. The Bertz CT molecular complexity index is 650. The first-order chi connectivity index (χ1) is 9.97. The highest BCUT2D eigenvalue weighted by molar-refractivity contribution is 9.10. The lowest BCUT2D eigenvalue weighted by atomic mass is 10.1. The molecule has 0 saturated carbocycles. The minimum atomic E-state index is -2.84. The Hall–Kier alpha value is -1.73. The number of hydrogen-bond donors (Lipinski definition) is 2. The highest BCUT2D eigenvalue weighted by Crippen LogP contribution is 2.28. The summed E-state index contributed by atoms with van der Waals surface area (Å²) in [6, 6.07) is 11.6. The van der Waals surface area contributed by atoms with Crippen LogP contribution < -0.4 is 15.8 Å². The van der Waals surface area contributed by atoms with Crippen LogP contribution in [0.1, 0.15) is 5.56 Å². The lowest BCUT2D eigenvalue weighted by molar-refractivity contribution is -0.0498. The zero-order chi connectivity index (χ0) is 15.4. The van der Waals surface area contributed by atoms with Gasteiger partial charge in [-0.15, -0.1) is 0 Å². The number of benzene rings is 2. The predicted molar refractivity (Wildman–Crippen MR) is 86.4 cm³/mol. The molecule has 0 amide bonds. The summed E-state index contributed by atoms with van der Waals surface area (Å²) in [5.41, 5.74) is 7.81. The summed E-state index contributed by atoms with van der Waals surface area (Å²) >= 11 is 8.41. The van der Waals surface area contributed by atoms with E-state index in [2.05, 4.69) is 26.0 Å². The van der Waals surface area contributed by atoms with E-state index < -0.39 is 6.61 Å². The van der Waals surface area contributed by atoms with Crippen molar-refractivity contribution in [1.29, 1.82) is 0 Å². The van der Waals surface area contributed by atoms with Gasteiger partial charge in [0.25, 0.3) is 0 Å². The first-order valence-electron chi connectivity index (χ1n) is 5.87. The first-order valence-corrected chi connectivity index (χ1v) is 7.07. The van der Waals surface area contributed by atoms with Crippen molar-refractivity contribution < 1.29 is 13.5 Å². The van der Waals surface area contributed by atoms with Gasteiger partial charge >= 0.3 is 6.61 Å². The summed E-state index contributed by atoms with van der Waals surface area (Å²) in [5, 5.41) is 3.13. The highest BCUT2D eigenvalue weighted by atomic mass is 79.9. The van der Waals surface area contributed by atoms with Crippen LogP contribution in [0, 0.1) is 0 Å². The average molecular weight is 373 g/mol. The summed E-state index contributed by atoms with van der Waals surface area (Å²) in [6.45, 7) is -2.84. The molecule has 3 nitrogen and oxygen atoms in total. The predicted octanol–water partition coefficient (Wildman–Crippen LogP) is 4.43. The van der Waals surface area contributed by atoms with Gasteiger partial charge in [-0.3, -0.25) is 0 Å². The van der Waals surface area contributed by atoms with Gasteiger partial charge in [0.15, 0.2) is 0 Å². The molecule has 0 unspecified atom stereocenters. The van der Waals surface area contributed by atoms with Crippen LogP contribution in [0.2, 0.25) is 0 Å². The molecule has 110 valence electrons. The van der Waals surface area contributed by atoms with Crippen molar-refractivity contribution in [3.05, 3.63) is 52.5 Å². The summed E-state index contributed by atoms with van der Waals surface area (Å²) < 4.78 is 29.2. The Kier molecular flexibility index (Phi) is 5.08. The molecule has 0 heterocycles. The Balaban J connectivity index is 2.22. The Morgan fingerprint density at radius 2 is 1.86 bits per heavy atom. The van der Waals surface area contributed by atoms with Crippen molar-refractivity contribution in [3.8, 4) is 5.75 Å². The molecule has 3 N–H and O–H groups in total. The van der Waals surface area contributed by atoms with Crippen molar-refractivity contribution in [3.63, 3.8) is 0 Å². The van der Waals surface area contributed by atoms with Gasteiger partial charge < -0.3 is 15.8 Å². The molecule has 2 rings (SSSR count). The van der Waals surface area contributed by atoms with Crippen molar-refractivity contribution in [1.82, 2.24) is 0 Å². The van der Waals surface area contributed by atoms with Crippen molar-refractivity contribution in [2.75, 3.05) is 5.32 Å². The molecule has 7 heteroatoms. The lowest BCUT2D eigenvalue weighted by Gasteiger charge is -2.13. The molecule has 0 fully saturated rings. The normalized spacial score (nSPS) is 10.5. The maximum atomic E-state index is 12.1. The second-order valence-electron chi connectivity index (χ2n) is 4.05. The SMILES string of the molecule is NC(=S)c1c(Br)cccc1Nc1ccc(OC(F)F)cc1. The number of anilines is 2. The maximum Gasteiger partial charge on any atom is 0.387 e. The standard InChI is InChI=1S/C14H11BrF2N2OS/c15-10-2-1-3-11(12(10)13(18)21)19-8-4-6-9(7-5-8)20-14(16)17/h1-7,14,19H,(H2,18,21). The number of alkyl halides is 2. The molecular formula is C14H11BrF2N2OS. The zero-order valence-corrected chi connectivity index (χ0v) is 13.0. The quantitative estimate of drug-likeness (QED) is 0.762. The number of nitrogens with two attached hydrogens (primary N) is 1. The molecule has 21 heavy (non-hydrogen) atoms. The van der Waals surface area contributed by atoms with Gasteiger partial charge in [0, 0.05) is 21.4 Å². The van der Waals surface area contributed by atoms with Crippen LogP contribution in [-0.4, -0.2) is 11.6 Å². The van der Waals surface area contributed by atoms with Crippen LogP contribution in [0.15, 0.2) is 46.9 Å². The Morgan fingerprint density at radius 1 is 1.19 bits per heavy atom. The largest absolute Gasteiger partial charge is 0.435 e. The minimum absolute atomic E-state index is 0.0966. The van der Waals surface area contributed by atoms with E-state index in [1.807, 2.05) is 18.2 Å². The molecule has 0 aliphatic rings. The van der Waals surface area contributed by atoms with Gasteiger partial charge in [-0.05, 0) is 52.3 Å².